The van der Waals surface area contributed by atoms with Gasteiger partial charge in [-0.05, 0) is 13.0 Å². The summed E-state index contributed by atoms with van der Waals surface area (Å²) < 4.78 is 13.0. The number of fused-ring (bicyclic) bond motifs is 1. The van der Waals surface area contributed by atoms with Gasteiger partial charge < -0.3 is 19.0 Å². The number of imidazole rings is 1. The highest BCUT2D eigenvalue weighted by atomic mass is 16.5. The fourth-order valence-corrected chi connectivity index (χ4v) is 2.55. The van der Waals surface area contributed by atoms with Crippen molar-refractivity contribution in [2.45, 2.75) is 13.5 Å². The minimum atomic E-state index is -0.831. The van der Waals surface area contributed by atoms with Gasteiger partial charge in [0.2, 0.25) is 0 Å². The predicted molar refractivity (Wildman–Crippen MR) is 89.1 cm³/mol. The molecule has 2 heterocycles. The number of carbonyl (C=O) groups is 1. The number of nitrogens with zero attached hydrogens (tertiary/aromatic N) is 3. The van der Waals surface area contributed by atoms with E-state index in [-0.39, 0.29) is 13.2 Å². The van der Waals surface area contributed by atoms with Gasteiger partial charge in [-0.1, -0.05) is 0 Å². The lowest BCUT2D eigenvalue weighted by Crippen LogP contribution is -2.38. The van der Waals surface area contributed by atoms with Crippen molar-refractivity contribution in [1.82, 2.24) is 19.1 Å². The van der Waals surface area contributed by atoms with Crippen molar-refractivity contribution in [2.75, 3.05) is 13.7 Å². The van der Waals surface area contributed by atoms with Gasteiger partial charge in [0.05, 0.1) is 36.8 Å². The van der Waals surface area contributed by atoms with Gasteiger partial charge in [0.1, 0.15) is 12.3 Å². The average molecular weight is 344 g/mol. The predicted octanol–water partition coefficient (Wildman–Crippen LogP) is 0.447. The lowest BCUT2D eigenvalue weighted by molar-refractivity contribution is -0.143. The lowest BCUT2D eigenvalue weighted by atomic mass is 10.2. The highest BCUT2D eigenvalue weighted by Gasteiger charge is 2.15. The molecule has 0 spiro atoms. The fraction of sp³-hybridized carbons (Fsp3) is 0.250. The number of hydrogen-bond donors (Lipinski definition) is 1. The second kappa shape index (κ2) is 6.63. The van der Waals surface area contributed by atoms with Gasteiger partial charge in [0.25, 0.3) is 0 Å². The van der Waals surface area contributed by atoms with Crippen molar-refractivity contribution in [2.24, 2.45) is 0 Å². The molecule has 3 aromatic rings. The number of aromatic nitrogens is 4. The van der Waals surface area contributed by atoms with E-state index in [9.17, 15) is 14.4 Å². The number of aromatic amines is 1. The molecule has 0 bridgehead atoms. The molecule has 0 amide bonds. The average Bonchev–Trinajstić information content (AvgIpc) is 3.12. The first kappa shape index (κ1) is 16.5. The third-order valence-electron chi connectivity index (χ3n) is 3.65. The van der Waals surface area contributed by atoms with E-state index in [0.717, 1.165) is 4.57 Å². The quantitative estimate of drug-likeness (QED) is 0.532. The Kier molecular flexibility index (Phi) is 4.38. The largest absolute Gasteiger partial charge is 0.494 e. The third-order valence-corrected chi connectivity index (χ3v) is 3.65. The van der Waals surface area contributed by atoms with Crippen LogP contribution in [0.4, 0.5) is 0 Å². The molecule has 130 valence electrons. The molecule has 3 rings (SSSR count). The van der Waals surface area contributed by atoms with Crippen LogP contribution < -0.4 is 15.9 Å². The van der Waals surface area contributed by atoms with Crippen LogP contribution in [0.25, 0.3) is 16.7 Å². The zero-order chi connectivity index (χ0) is 18.0. The monoisotopic (exact) mass is 344 g/mol. The van der Waals surface area contributed by atoms with E-state index in [1.54, 1.807) is 42.3 Å². The second-order valence-electron chi connectivity index (χ2n) is 5.16. The lowest BCUT2D eigenvalue weighted by Gasteiger charge is -2.14. The van der Waals surface area contributed by atoms with Gasteiger partial charge >= 0.3 is 17.1 Å². The molecule has 2 aromatic heterocycles. The maximum Gasteiger partial charge on any atom is 0.326 e. The molecule has 9 nitrogen and oxygen atoms in total. The number of rotatable bonds is 5. The Morgan fingerprint density at radius 1 is 1.32 bits per heavy atom. The van der Waals surface area contributed by atoms with Crippen LogP contribution >= 0.6 is 0 Å². The van der Waals surface area contributed by atoms with Crippen LogP contribution in [0, 0.1) is 0 Å². The molecular formula is C16H16N4O5. The third kappa shape index (κ3) is 3.03. The molecule has 0 aliphatic rings. The maximum atomic E-state index is 12.2. The molecule has 0 atom stereocenters. The highest BCUT2D eigenvalue weighted by molar-refractivity contribution is 5.82. The molecule has 9 heteroatoms. The van der Waals surface area contributed by atoms with Crippen molar-refractivity contribution in [3.63, 3.8) is 0 Å². The molecule has 0 unspecified atom stereocenters. The normalized spacial score (nSPS) is 10.8. The first-order chi connectivity index (χ1) is 12.0. The summed E-state index contributed by atoms with van der Waals surface area (Å²) in [5.41, 5.74) is -0.301. The Morgan fingerprint density at radius 2 is 2.12 bits per heavy atom. The summed E-state index contributed by atoms with van der Waals surface area (Å²) >= 11 is 0. The van der Waals surface area contributed by atoms with E-state index < -0.39 is 17.1 Å². The molecule has 25 heavy (non-hydrogen) atoms. The molecule has 0 saturated heterocycles. The van der Waals surface area contributed by atoms with Gasteiger partial charge in [-0.25, -0.2) is 4.98 Å². The Balaban J connectivity index is 2.28. The van der Waals surface area contributed by atoms with Gasteiger partial charge in [-0.15, -0.1) is 0 Å². The van der Waals surface area contributed by atoms with Crippen LogP contribution in [0.1, 0.15) is 6.92 Å². The number of carbonyl (C=O) groups excluding carboxylic acids is 1. The summed E-state index contributed by atoms with van der Waals surface area (Å²) in [7, 11) is 1.49. The van der Waals surface area contributed by atoms with E-state index in [0.29, 0.717) is 22.5 Å². The topological polar surface area (TPSA) is 108 Å². The number of methoxy groups -OCH3 is 1. The van der Waals surface area contributed by atoms with Crippen LogP contribution in [0.5, 0.6) is 5.75 Å². The highest BCUT2D eigenvalue weighted by Crippen LogP contribution is 2.27. The minimum absolute atomic E-state index is 0.183. The fourth-order valence-electron chi connectivity index (χ4n) is 2.55. The van der Waals surface area contributed by atoms with Crippen molar-refractivity contribution in [3.05, 3.63) is 51.6 Å². The Labute approximate surface area is 141 Å². The number of esters is 1. The van der Waals surface area contributed by atoms with E-state index >= 15 is 0 Å². The molecule has 0 fully saturated rings. The van der Waals surface area contributed by atoms with Gasteiger partial charge in [-0.2, -0.15) is 0 Å². The number of benzene rings is 1. The molecule has 0 saturated carbocycles. The zero-order valence-electron chi connectivity index (χ0n) is 13.7. The summed E-state index contributed by atoms with van der Waals surface area (Å²) in [6.45, 7) is 1.49. The number of ether oxygens (including phenoxy) is 2. The summed E-state index contributed by atoms with van der Waals surface area (Å²) in [6, 6.07) is 3.24. The van der Waals surface area contributed by atoms with Crippen LogP contribution in [-0.2, 0) is 16.1 Å². The molecule has 1 N–H and O–H groups in total. The first-order valence-corrected chi connectivity index (χ1v) is 7.54. The van der Waals surface area contributed by atoms with Crippen LogP contribution in [0.3, 0.4) is 0 Å². The van der Waals surface area contributed by atoms with Gasteiger partial charge in [0, 0.05) is 18.5 Å². The maximum absolute atomic E-state index is 12.2. The molecular weight excluding hydrogens is 328 g/mol. The molecule has 0 aliphatic heterocycles. The van der Waals surface area contributed by atoms with Crippen LogP contribution in [0.15, 0.2) is 40.4 Å². The van der Waals surface area contributed by atoms with Gasteiger partial charge in [-0.3, -0.25) is 19.0 Å². The van der Waals surface area contributed by atoms with Crippen molar-refractivity contribution < 1.29 is 14.3 Å². The van der Waals surface area contributed by atoms with E-state index in [2.05, 4.69) is 9.97 Å². The standard InChI is InChI=1S/C16H16N4O5/c1-3-25-14(21)8-20-11-7-12(19-5-4-17-9-19)13(24-2)6-10(11)18-15(22)16(20)23/h4-7,9H,3,8H2,1-2H3,(H,18,22). The molecule has 0 radical (unpaired) electrons. The Morgan fingerprint density at radius 3 is 2.76 bits per heavy atom. The van der Waals surface area contributed by atoms with Gasteiger partial charge in [0.15, 0.2) is 0 Å². The van der Waals surface area contributed by atoms with Crippen LogP contribution in [0.2, 0.25) is 0 Å². The molecule has 0 aliphatic carbocycles. The van der Waals surface area contributed by atoms with Crippen molar-refractivity contribution in [1.29, 1.82) is 0 Å². The van der Waals surface area contributed by atoms with E-state index in [1.807, 2.05) is 0 Å². The SMILES string of the molecule is CCOC(=O)Cn1c(=O)c(=O)[nH]c2cc(OC)c(-n3ccnc3)cc21. The molecule has 1 aromatic carbocycles. The van der Waals surface area contributed by atoms with Crippen LogP contribution in [-0.4, -0.2) is 38.8 Å². The summed E-state index contributed by atoms with van der Waals surface area (Å²) in [4.78, 5) is 42.5. The number of nitrogens with one attached hydrogen (secondary N) is 1. The summed E-state index contributed by atoms with van der Waals surface area (Å²) in [5, 5.41) is 0. The summed E-state index contributed by atoms with van der Waals surface area (Å²) in [5.74, 6) is -0.126. The Bertz CT molecular complexity index is 1030. The van der Waals surface area contributed by atoms with Crippen molar-refractivity contribution >= 4 is 17.0 Å². The van der Waals surface area contributed by atoms with Crippen molar-refractivity contribution in [3.8, 4) is 11.4 Å². The smallest absolute Gasteiger partial charge is 0.326 e. The second-order valence-corrected chi connectivity index (χ2v) is 5.16. The summed E-state index contributed by atoms with van der Waals surface area (Å²) in [6.07, 6.45) is 4.88. The zero-order valence-corrected chi connectivity index (χ0v) is 13.7. The number of H-pyrrole nitrogens is 1. The Hall–Kier alpha value is -3.36. The minimum Gasteiger partial charge on any atom is -0.494 e. The number of hydrogen-bond acceptors (Lipinski definition) is 6. The van der Waals surface area contributed by atoms with E-state index in [1.165, 1.54) is 7.11 Å². The first-order valence-electron chi connectivity index (χ1n) is 7.54. The van der Waals surface area contributed by atoms with E-state index in [4.69, 9.17) is 9.47 Å².